The number of aliphatic hydroxyl groups is 2. The van der Waals surface area contributed by atoms with Crippen molar-refractivity contribution in [3.63, 3.8) is 0 Å². The van der Waals surface area contributed by atoms with E-state index in [1.54, 1.807) is 12.1 Å². The van der Waals surface area contributed by atoms with Gasteiger partial charge in [0, 0.05) is 16.5 Å². The molecule has 24 heavy (non-hydrogen) atoms. The minimum absolute atomic E-state index is 0.200. The van der Waals surface area contributed by atoms with Gasteiger partial charge in [-0.25, -0.2) is 0 Å². The fourth-order valence-corrected chi connectivity index (χ4v) is 3.80. The summed E-state index contributed by atoms with van der Waals surface area (Å²) < 4.78 is 11.5. The third kappa shape index (κ3) is 3.00. The zero-order valence-electron chi connectivity index (χ0n) is 12.6. The van der Waals surface area contributed by atoms with Crippen LogP contribution in [0.2, 0.25) is 0 Å². The fourth-order valence-electron chi connectivity index (χ4n) is 2.93. The van der Waals surface area contributed by atoms with Crippen molar-refractivity contribution in [2.75, 3.05) is 13.7 Å². The third-order valence-electron chi connectivity index (χ3n) is 3.99. The average molecular weight is 415 g/mol. The zero-order chi connectivity index (χ0) is 17.9. The first-order valence-electron chi connectivity index (χ1n) is 6.87. The summed E-state index contributed by atoms with van der Waals surface area (Å²) in [6, 6.07) is 6.78. The molecule has 5 atom stereocenters. The van der Waals surface area contributed by atoms with Crippen molar-refractivity contribution < 1.29 is 19.7 Å². The van der Waals surface area contributed by atoms with Crippen molar-refractivity contribution in [1.29, 1.82) is 5.26 Å². The standard InChI is InChI=1S/C14H15BrN4O4S/c1-22-12-13(24)23-10(6-20)11(21)14(12,18-19-17)9-4-8(15)3-2-7(9)5-16/h2-4,10-13,20-21,24H,6H2,1H3/t10-,11+,12+,13-,14?/m1/s1. The summed E-state index contributed by atoms with van der Waals surface area (Å²) in [4.78, 5) is 2.85. The minimum Gasteiger partial charge on any atom is -0.394 e. The van der Waals surface area contributed by atoms with E-state index in [0.717, 1.165) is 0 Å². The number of methoxy groups -OCH3 is 1. The van der Waals surface area contributed by atoms with Crippen LogP contribution >= 0.6 is 28.6 Å². The highest BCUT2D eigenvalue weighted by Crippen LogP contribution is 2.45. The van der Waals surface area contributed by atoms with E-state index in [4.69, 9.17) is 15.0 Å². The summed E-state index contributed by atoms with van der Waals surface area (Å²) in [5.41, 5.74) is 6.99. The van der Waals surface area contributed by atoms with Crippen molar-refractivity contribution in [3.8, 4) is 6.07 Å². The summed E-state index contributed by atoms with van der Waals surface area (Å²) in [5.74, 6) is 0. The maximum atomic E-state index is 10.8. The first-order valence-corrected chi connectivity index (χ1v) is 8.18. The Hall–Kier alpha value is -1.31. The predicted molar refractivity (Wildman–Crippen MR) is 91.2 cm³/mol. The van der Waals surface area contributed by atoms with Crippen molar-refractivity contribution >= 4 is 28.6 Å². The molecule has 1 aliphatic heterocycles. The maximum Gasteiger partial charge on any atom is 0.133 e. The highest BCUT2D eigenvalue weighted by molar-refractivity contribution is 9.10. The predicted octanol–water partition coefficient (Wildman–Crippen LogP) is 1.85. The average Bonchev–Trinajstić information content (AvgIpc) is 2.58. The van der Waals surface area contributed by atoms with Gasteiger partial charge < -0.3 is 19.7 Å². The molecule has 1 heterocycles. The van der Waals surface area contributed by atoms with Crippen LogP contribution in [0.25, 0.3) is 10.4 Å². The highest BCUT2D eigenvalue weighted by atomic mass is 79.9. The third-order valence-corrected chi connectivity index (χ3v) is 4.87. The summed E-state index contributed by atoms with van der Waals surface area (Å²) in [7, 11) is 1.36. The van der Waals surface area contributed by atoms with Gasteiger partial charge in [0.2, 0.25) is 0 Å². The Bertz CT molecular complexity index is 709. The first-order chi connectivity index (χ1) is 11.5. The molecular formula is C14H15BrN4O4S. The topological polar surface area (TPSA) is 131 Å². The number of hydrogen-bond acceptors (Lipinski definition) is 7. The van der Waals surface area contributed by atoms with Crippen LogP contribution in [-0.2, 0) is 15.0 Å². The molecule has 0 aliphatic carbocycles. The zero-order valence-corrected chi connectivity index (χ0v) is 15.1. The molecule has 0 amide bonds. The Labute approximate surface area is 152 Å². The van der Waals surface area contributed by atoms with Crippen LogP contribution < -0.4 is 0 Å². The maximum absolute atomic E-state index is 10.8. The van der Waals surface area contributed by atoms with E-state index >= 15 is 0 Å². The van der Waals surface area contributed by atoms with E-state index in [2.05, 4.69) is 38.6 Å². The second-order valence-corrected chi connectivity index (χ2v) is 6.59. The number of nitrogens with zero attached hydrogens (tertiary/aromatic N) is 4. The molecule has 1 aliphatic rings. The van der Waals surface area contributed by atoms with E-state index in [1.165, 1.54) is 13.2 Å². The second kappa shape index (κ2) is 7.72. The molecular weight excluding hydrogens is 400 g/mol. The van der Waals surface area contributed by atoms with Gasteiger partial charge in [0.05, 0.1) is 18.2 Å². The van der Waals surface area contributed by atoms with E-state index in [-0.39, 0.29) is 11.1 Å². The fraction of sp³-hybridized carbons (Fsp3) is 0.500. The summed E-state index contributed by atoms with van der Waals surface area (Å²) in [5, 5.41) is 33.5. The lowest BCUT2D eigenvalue weighted by molar-refractivity contribution is -0.201. The molecule has 1 aromatic carbocycles. The number of azide groups is 1. The van der Waals surface area contributed by atoms with Gasteiger partial charge >= 0.3 is 0 Å². The first kappa shape index (κ1) is 19.0. The van der Waals surface area contributed by atoms with Crippen LogP contribution in [0, 0.1) is 11.3 Å². The molecule has 0 aromatic heterocycles. The Balaban J connectivity index is 2.82. The van der Waals surface area contributed by atoms with Crippen LogP contribution in [0.1, 0.15) is 11.1 Å². The number of hydrogen-bond donors (Lipinski definition) is 3. The van der Waals surface area contributed by atoms with Crippen LogP contribution in [0.3, 0.4) is 0 Å². The molecule has 1 fully saturated rings. The molecule has 0 radical (unpaired) electrons. The van der Waals surface area contributed by atoms with Gasteiger partial charge in [-0.15, -0.1) is 12.6 Å². The minimum atomic E-state index is -1.70. The summed E-state index contributed by atoms with van der Waals surface area (Å²) in [6.45, 7) is -0.521. The normalized spacial score (nSPS) is 32.7. The quantitative estimate of drug-likeness (QED) is 0.299. The van der Waals surface area contributed by atoms with Crippen molar-refractivity contribution in [2.45, 2.75) is 29.3 Å². The largest absolute Gasteiger partial charge is 0.394 e. The lowest BCUT2D eigenvalue weighted by Crippen LogP contribution is -2.63. The molecule has 2 N–H and O–H groups in total. The Morgan fingerprint density at radius 2 is 2.33 bits per heavy atom. The van der Waals surface area contributed by atoms with Gasteiger partial charge in [-0.1, -0.05) is 21.0 Å². The molecule has 1 unspecified atom stereocenters. The Morgan fingerprint density at radius 1 is 1.62 bits per heavy atom. The van der Waals surface area contributed by atoms with Crippen molar-refractivity contribution in [1.82, 2.24) is 0 Å². The number of benzene rings is 1. The molecule has 0 spiro atoms. The molecule has 1 saturated heterocycles. The van der Waals surface area contributed by atoms with Crippen LogP contribution in [0.15, 0.2) is 27.8 Å². The molecule has 0 saturated carbocycles. The van der Waals surface area contributed by atoms with Gasteiger partial charge in [0.1, 0.15) is 29.3 Å². The van der Waals surface area contributed by atoms with Crippen LogP contribution in [-0.4, -0.2) is 47.7 Å². The van der Waals surface area contributed by atoms with E-state index in [0.29, 0.717) is 4.47 Å². The van der Waals surface area contributed by atoms with Gasteiger partial charge in [-0.05, 0) is 29.3 Å². The number of rotatable bonds is 4. The van der Waals surface area contributed by atoms with E-state index < -0.39 is 35.9 Å². The SMILES string of the molecule is CO[C@H]1[C@@H](S)O[C@H](CO)[C@H](O)C1(N=[N+]=[N-])c1cc(Br)ccc1C#N. The van der Waals surface area contributed by atoms with Crippen LogP contribution in [0.4, 0.5) is 0 Å². The number of ether oxygens (including phenoxy) is 2. The second-order valence-electron chi connectivity index (χ2n) is 5.17. The number of nitriles is 1. The molecule has 1 aromatic rings. The van der Waals surface area contributed by atoms with Crippen molar-refractivity contribution in [3.05, 3.63) is 44.2 Å². The van der Waals surface area contributed by atoms with E-state index in [9.17, 15) is 15.5 Å². The van der Waals surface area contributed by atoms with Crippen LogP contribution in [0.5, 0.6) is 0 Å². The van der Waals surface area contributed by atoms with Gasteiger partial charge in [0.15, 0.2) is 0 Å². The summed E-state index contributed by atoms with van der Waals surface area (Å²) >= 11 is 7.60. The Morgan fingerprint density at radius 3 is 2.88 bits per heavy atom. The number of aliphatic hydroxyl groups excluding tert-OH is 2. The molecule has 128 valence electrons. The monoisotopic (exact) mass is 414 g/mol. The molecule has 2 rings (SSSR count). The molecule has 10 heteroatoms. The summed E-state index contributed by atoms with van der Waals surface area (Å²) in [6.07, 6.45) is -3.50. The van der Waals surface area contributed by atoms with Gasteiger partial charge in [-0.2, -0.15) is 5.26 Å². The van der Waals surface area contributed by atoms with E-state index in [1.807, 2.05) is 6.07 Å². The number of thiol groups is 1. The van der Waals surface area contributed by atoms with Gasteiger partial charge in [0.25, 0.3) is 0 Å². The van der Waals surface area contributed by atoms with Gasteiger partial charge in [-0.3, -0.25) is 0 Å². The lowest BCUT2D eigenvalue weighted by atomic mass is 9.74. The highest BCUT2D eigenvalue weighted by Gasteiger charge is 2.57. The molecule has 8 nitrogen and oxygen atoms in total. The number of halogens is 1. The smallest absolute Gasteiger partial charge is 0.133 e. The molecule has 0 bridgehead atoms. The van der Waals surface area contributed by atoms with Crippen molar-refractivity contribution in [2.24, 2.45) is 5.11 Å². The Kier molecular flexibility index (Phi) is 6.11. The lowest BCUT2D eigenvalue weighted by Gasteiger charge is -2.49.